The highest BCUT2D eigenvalue weighted by Crippen LogP contribution is 2.39. The Balaban J connectivity index is 2.10. The summed E-state index contributed by atoms with van der Waals surface area (Å²) in [4.78, 5) is 0. The summed E-state index contributed by atoms with van der Waals surface area (Å²) in [6, 6.07) is 0. The molecule has 0 aromatic rings. The van der Waals surface area contributed by atoms with E-state index < -0.39 is 8.32 Å². The van der Waals surface area contributed by atoms with Gasteiger partial charge in [-0.25, -0.2) is 0 Å². The molecule has 1 aliphatic carbocycles. The van der Waals surface area contributed by atoms with Gasteiger partial charge in [-0.1, -0.05) is 39.8 Å². The van der Waals surface area contributed by atoms with E-state index in [0.29, 0.717) is 11.8 Å². The standard InChI is InChI=1S/C16H28O2Si/c1-12-7-8-13-9-17-10-15(13)14(12)11-18-19(5,6)16(2,3)4/h7-8,12-13H,9-11H2,1-6H3/t12-,13-/m1/s1. The molecule has 0 saturated carbocycles. The van der Waals surface area contributed by atoms with Crippen LogP contribution in [0.1, 0.15) is 27.7 Å². The lowest BCUT2D eigenvalue weighted by Gasteiger charge is -2.37. The van der Waals surface area contributed by atoms with Crippen molar-refractivity contribution in [2.45, 2.75) is 45.8 Å². The number of hydrogen-bond donors (Lipinski definition) is 0. The summed E-state index contributed by atoms with van der Waals surface area (Å²) in [6.07, 6.45) is 4.62. The van der Waals surface area contributed by atoms with Crippen LogP contribution in [0.3, 0.4) is 0 Å². The first-order valence-corrected chi connectivity index (χ1v) is 10.2. The predicted molar refractivity (Wildman–Crippen MR) is 82.8 cm³/mol. The molecule has 1 fully saturated rings. The predicted octanol–water partition coefficient (Wildman–Crippen LogP) is 4.16. The van der Waals surface area contributed by atoms with Crippen LogP contribution in [-0.2, 0) is 9.16 Å². The van der Waals surface area contributed by atoms with Crippen molar-refractivity contribution in [1.29, 1.82) is 0 Å². The zero-order valence-electron chi connectivity index (χ0n) is 13.2. The van der Waals surface area contributed by atoms with E-state index in [2.05, 4.69) is 52.9 Å². The van der Waals surface area contributed by atoms with Gasteiger partial charge in [0.1, 0.15) is 0 Å². The molecule has 2 nitrogen and oxygen atoms in total. The second kappa shape index (κ2) is 5.19. The fraction of sp³-hybridized carbons (Fsp3) is 0.750. The summed E-state index contributed by atoms with van der Waals surface area (Å²) in [6.45, 7) is 16.2. The summed E-state index contributed by atoms with van der Waals surface area (Å²) < 4.78 is 12.0. The minimum Gasteiger partial charge on any atom is -0.413 e. The third kappa shape index (κ3) is 3.04. The minimum atomic E-state index is -1.66. The monoisotopic (exact) mass is 280 g/mol. The Kier molecular flexibility index (Phi) is 4.10. The van der Waals surface area contributed by atoms with Crippen molar-refractivity contribution in [3.63, 3.8) is 0 Å². The molecule has 0 spiro atoms. The van der Waals surface area contributed by atoms with Crippen molar-refractivity contribution >= 4 is 8.32 Å². The van der Waals surface area contributed by atoms with E-state index in [4.69, 9.17) is 9.16 Å². The molecular weight excluding hydrogens is 252 g/mol. The molecule has 0 aromatic heterocycles. The summed E-state index contributed by atoms with van der Waals surface area (Å²) in [5.41, 5.74) is 2.95. The fourth-order valence-corrected chi connectivity index (χ4v) is 3.36. The summed E-state index contributed by atoms with van der Waals surface area (Å²) in [7, 11) is -1.66. The molecule has 0 N–H and O–H groups in total. The van der Waals surface area contributed by atoms with E-state index in [0.717, 1.165) is 19.8 Å². The average Bonchev–Trinajstić information content (AvgIpc) is 2.74. The van der Waals surface area contributed by atoms with Crippen LogP contribution in [0.2, 0.25) is 18.1 Å². The molecule has 19 heavy (non-hydrogen) atoms. The van der Waals surface area contributed by atoms with Gasteiger partial charge in [0, 0.05) is 5.92 Å². The molecule has 0 unspecified atom stereocenters. The van der Waals surface area contributed by atoms with Gasteiger partial charge in [0.2, 0.25) is 0 Å². The van der Waals surface area contributed by atoms with Crippen LogP contribution in [-0.4, -0.2) is 28.1 Å². The SMILES string of the molecule is C[C@@H]1C=C[C@@H]2COCC2=C1CO[Si](C)(C)C(C)(C)C. The number of fused-ring (bicyclic) bond motifs is 1. The highest BCUT2D eigenvalue weighted by molar-refractivity contribution is 6.74. The second-order valence-corrected chi connectivity index (χ2v) is 12.2. The Morgan fingerprint density at radius 2 is 2.00 bits per heavy atom. The molecule has 2 rings (SSSR count). The fourth-order valence-electron chi connectivity index (χ4n) is 2.41. The lowest BCUT2D eigenvalue weighted by atomic mass is 9.85. The maximum Gasteiger partial charge on any atom is 0.192 e. The smallest absolute Gasteiger partial charge is 0.192 e. The molecule has 3 heteroatoms. The van der Waals surface area contributed by atoms with Gasteiger partial charge in [0.15, 0.2) is 8.32 Å². The largest absolute Gasteiger partial charge is 0.413 e. The highest BCUT2D eigenvalue weighted by atomic mass is 28.4. The van der Waals surface area contributed by atoms with Crippen LogP contribution in [0.5, 0.6) is 0 Å². The highest BCUT2D eigenvalue weighted by Gasteiger charge is 2.38. The Hall–Kier alpha value is -0.383. The van der Waals surface area contributed by atoms with Gasteiger partial charge in [0.25, 0.3) is 0 Å². The van der Waals surface area contributed by atoms with Crippen molar-refractivity contribution in [3.05, 3.63) is 23.3 Å². The second-order valence-electron chi connectivity index (χ2n) is 7.39. The molecule has 1 saturated heterocycles. The molecule has 108 valence electrons. The molecule has 0 amide bonds. The first-order chi connectivity index (χ1) is 8.72. The quantitative estimate of drug-likeness (QED) is 0.571. The molecule has 2 aliphatic rings. The molecule has 0 bridgehead atoms. The summed E-state index contributed by atoms with van der Waals surface area (Å²) in [5.74, 6) is 1.01. The molecule has 2 atom stereocenters. The van der Waals surface area contributed by atoms with Crippen molar-refractivity contribution in [3.8, 4) is 0 Å². The Bertz CT molecular complexity index is 401. The van der Waals surface area contributed by atoms with Gasteiger partial charge in [0.05, 0.1) is 19.8 Å². The van der Waals surface area contributed by atoms with Crippen molar-refractivity contribution in [1.82, 2.24) is 0 Å². The van der Waals surface area contributed by atoms with E-state index in [1.165, 1.54) is 11.1 Å². The van der Waals surface area contributed by atoms with Gasteiger partial charge in [-0.2, -0.15) is 0 Å². The van der Waals surface area contributed by atoms with Crippen LogP contribution in [0.15, 0.2) is 23.3 Å². The van der Waals surface area contributed by atoms with E-state index in [1.807, 2.05) is 0 Å². The third-order valence-electron chi connectivity index (χ3n) is 4.99. The summed E-state index contributed by atoms with van der Waals surface area (Å²) in [5, 5.41) is 0.275. The first kappa shape index (κ1) is 15.0. The number of rotatable bonds is 3. The van der Waals surface area contributed by atoms with Gasteiger partial charge >= 0.3 is 0 Å². The van der Waals surface area contributed by atoms with E-state index in [9.17, 15) is 0 Å². The Labute approximate surface area is 119 Å². The Morgan fingerprint density at radius 1 is 1.32 bits per heavy atom. The third-order valence-corrected chi connectivity index (χ3v) is 9.47. The van der Waals surface area contributed by atoms with Crippen molar-refractivity contribution in [2.24, 2.45) is 11.8 Å². The molecule has 1 aliphatic heterocycles. The zero-order chi connectivity index (χ0) is 14.3. The molecule has 0 radical (unpaired) electrons. The number of allylic oxidation sites excluding steroid dienone is 1. The Morgan fingerprint density at radius 3 is 2.63 bits per heavy atom. The average molecular weight is 280 g/mol. The lowest BCUT2D eigenvalue weighted by molar-refractivity contribution is 0.195. The van der Waals surface area contributed by atoms with Crippen LogP contribution in [0, 0.1) is 11.8 Å². The summed E-state index contributed by atoms with van der Waals surface area (Å²) >= 11 is 0. The minimum absolute atomic E-state index is 0.275. The van der Waals surface area contributed by atoms with Crippen LogP contribution in [0.25, 0.3) is 0 Å². The number of hydrogen-bond acceptors (Lipinski definition) is 2. The van der Waals surface area contributed by atoms with Crippen LogP contribution >= 0.6 is 0 Å². The van der Waals surface area contributed by atoms with Crippen molar-refractivity contribution in [2.75, 3.05) is 19.8 Å². The molecule has 0 aromatic carbocycles. The number of ether oxygens (including phenoxy) is 1. The topological polar surface area (TPSA) is 18.5 Å². The normalized spacial score (nSPS) is 27.9. The molecular formula is C16H28O2Si. The van der Waals surface area contributed by atoms with Crippen LogP contribution < -0.4 is 0 Å². The molecule has 1 heterocycles. The van der Waals surface area contributed by atoms with E-state index >= 15 is 0 Å². The van der Waals surface area contributed by atoms with Gasteiger partial charge < -0.3 is 9.16 Å². The maximum absolute atomic E-state index is 6.40. The van der Waals surface area contributed by atoms with Gasteiger partial charge in [-0.3, -0.25) is 0 Å². The van der Waals surface area contributed by atoms with Gasteiger partial charge in [-0.15, -0.1) is 0 Å². The zero-order valence-corrected chi connectivity index (χ0v) is 14.2. The van der Waals surface area contributed by atoms with Gasteiger partial charge in [-0.05, 0) is 35.2 Å². The maximum atomic E-state index is 6.40. The van der Waals surface area contributed by atoms with E-state index in [1.54, 1.807) is 0 Å². The lowest BCUT2D eigenvalue weighted by Crippen LogP contribution is -2.41. The van der Waals surface area contributed by atoms with Crippen molar-refractivity contribution < 1.29 is 9.16 Å². The first-order valence-electron chi connectivity index (χ1n) is 7.34. The van der Waals surface area contributed by atoms with E-state index in [-0.39, 0.29) is 5.04 Å². The van der Waals surface area contributed by atoms with Crippen LogP contribution in [0.4, 0.5) is 0 Å².